The number of hydrogen-bond acceptors (Lipinski definition) is 3. The number of aliphatic carboxylic acids is 1. The summed E-state index contributed by atoms with van der Waals surface area (Å²) in [6, 6.07) is 5.86. The first-order valence-corrected chi connectivity index (χ1v) is 5.70. The molecule has 1 unspecified atom stereocenters. The highest BCUT2D eigenvalue weighted by molar-refractivity contribution is 6.08. The molecule has 18 heavy (non-hydrogen) atoms. The minimum Gasteiger partial charge on any atom is -0.480 e. The smallest absolute Gasteiger partial charge is 0.330 e. The van der Waals surface area contributed by atoms with E-state index in [1.54, 1.807) is 12.1 Å². The second-order valence-corrected chi connectivity index (χ2v) is 4.46. The molecule has 5 heteroatoms. The lowest BCUT2D eigenvalue weighted by Gasteiger charge is -2.20. The molecule has 0 aliphatic carbocycles. The summed E-state index contributed by atoms with van der Waals surface area (Å²) >= 11 is 0. The molecule has 0 radical (unpaired) electrons. The van der Waals surface area contributed by atoms with Crippen LogP contribution in [0.4, 0.5) is 5.69 Å². The van der Waals surface area contributed by atoms with E-state index >= 15 is 0 Å². The molecule has 0 aliphatic heterocycles. The molecule has 0 saturated heterocycles. The Morgan fingerprint density at radius 3 is 2.11 bits per heavy atom. The van der Waals surface area contributed by atoms with Gasteiger partial charge < -0.3 is 15.7 Å². The summed E-state index contributed by atoms with van der Waals surface area (Å²) in [4.78, 5) is 23.6. The van der Waals surface area contributed by atoms with Gasteiger partial charge in [-0.05, 0) is 23.6 Å². The summed E-state index contributed by atoms with van der Waals surface area (Å²) in [7, 11) is 1.51. The molecule has 1 aromatic rings. The van der Waals surface area contributed by atoms with Gasteiger partial charge in [-0.2, -0.15) is 0 Å². The van der Waals surface area contributed by atoms with Crippen LogP contribution < -0.4 is 10.6 Å². The van der Waals surface area contributed by atoms with E-state index in [1.807, 2.05) is 12.1 Å². The van der Waals surface area contributed by atoms with Gasteiger partial charge in [0, 0.05) is 12.7 Å². The molecule has 0 aliphatic rings. The highest BCUT2D eigenvalue weighted by Gasteiger charge is 2.25. The Balaban J connectivity index is 2.87. The van der Waals surface area contributed by atoms with Gasteiger partial charge in [0.2, 0.25) is 0 Å². The molecular weight excluding hydrogens is 232 g/mol. The van der Waals surface area contributed by atoms with Crippen molar-refractivity contribution in [2.75, 3.05) is 11.9 Å². The zero-order chi connectivity index (χ0) is 13.9. The Morgan fingerprint density at radius 1 is 1.22 bits per heavy atom. The Bertz CT molecular complexity index is 440. The lowest BCUT2D eigenvalue weighted by atomic mass is 10.0. The van der Waals surface area contributed by atoms with Crippen molar-refractivity contribution in [3.05, 3.63) is 29.8 Å². The molecule has 0 spiro atoms. The van der Waals surface area contributed by atoms with Gasteiger partial charge in [0.05, 0.1) is 0 Å². The van der Waals surface area contributed by atoms with E-state index in [-0.39, 0.29) is 0 Å². The molecule has 1 aromatic carbocycles. The molecule has 98 valence electrons. The van der Waals surface area contributed by atoms with E-state index in [2.05, 4.69) is 13.8 Å². The molecule has 1 atom stereocenters. The third-order valence-corrected chi connectivity index (χ3v) is 2.81. The molecule has 0 aromatic heterocycles. The van der Waals surface area contributed by atoms with Crippen LogP contribution in [-0.2, 0) is 9.59 Å². The van der Waals surface area contributed by atoms with Gasteiger partial charge in [0.25, 0.3) is 5.91 Å². The van der Waals surface area contributed by atoms with Crippen molar-refractivity contribution in [1.82, 2.24) is 0 Å². The largest absolute Gasteiger partial charge is 0.480 e. The van der Waals surface area contributed by atoms with E-state index in [1.165, 1.54) is 11.9 Å². The minimum atomic E-state index is -1.53. The fourth-order valence-electron chi connectivity index (χ4n) is 1.52. The lowest BCUT2D eigenvalue weighted by molar-refractivity contribution is -0.142. The van der Waals surface area contributed by atoms with Gasteiger partial charge in [-0.1, -0.05) is 26.0 Å². The molecule has 1 amide bonds. The van der Waals surface area contributed by atoms with Crippen LogP contribution in [0.1, 0.15) is 25.3 Å². The maximum absolute atomic E-state index is 11.7. The van der Waals surface area contributed by atoms with Crippen molar-refractivity contribution in [3.63, 3.8) is 0 Å². The molecule has 0 fully saturated rings. The zero-order valence-electron chi connectivity index (χ0n) is 10.8. The van der Waals surface area contributed by atoms with Crippen molar-refractivity contribution < 1.29 is 14.7 Å². The number of carboxylic acid groups (broad SMARTS) is 1. The minimum absolute atomic E-state index is 0.404. The van der Waals surface area contributed by atoms with Crippen molar-refractivity contribution >= 4 is 17.6 Å². The molecular formula is C13H18N2O3. The maximum Gasteiger partial charge on any atom is 0.330 e. The number of carbonyl (C=O) groups is 2. The quantitative estimate of drug-likeness (QED) is 0.786. The number of hydrogen-bond donors (Lipinski definition) is 2. The topological polar surface area (TPSA) is 83.6 Å². The summed E-state index contributed by atoms with van der Waals surface area (Å²) in [5.74, 6) is -1.56. The number of likely N-dealkylation sites (N-methyl/N-ethyl adjacent to an activating group) is 1. The number of rotatable bonds is 4. The Kier molecular flexibility index (Phi) is 4.44. The normalized spacial score (nSPS) is 12.3. The standard InChI is InChI=1S/C13H18N2O3/c1-8(2)9-4-6-10(7-5-9)15(3)12(16)11(14)13(17)18/h4-8,11H,14H2,1-3H3,(H,17,18). The van der Waals surface area contributed by atoms with Crippen LogP contribution in [-0.4, -0.2) is 30.1 Å². The average molecular weight is 250 g/mol. The van der Waals surface area contributed by atoms with Gasteiger partial charge in [0.1, 0.15) is 0 Å². The molecule has 5 nitrogen and oxygen atoms in total. The van der Waals surface area contributed by atoms with E-state index in [9.17, 15) is 9.59 Å². The van der Waals surface area contributed by atoms with Gasteiger partial charge in [-0.3, -0.25) is 4.79 Å². The molecule has 1 rings (SSSR count). The van der Waals surface area contributed by atoms with Gasteiger partial charge in [-0.25, -0.2) is 4.79 Å². The Morgan fingerprint density at radius 2 is 1.72 bits per heavy atom. The SMILES string of the molecule is CC(C)c1ccc(N(C)C(=O)C(N)C(=O)O)cc1. The lowest BCUT2D eigenvalue weighted by Crippen LogP contribution is -2.46. The third-order valence-electron chi connectivity index (χ3n) is 2.81. The predicted octanol–water partition coefficient (Wildman–Crippen LogP) is 1.18. The Labute approximate surface area is 106 Å². The molecule has 0 heterocycles. The van der Waals surface area contributed by atoms with Crippen LogP contribution in [0, 0.1) is 0 Å². The van der Waals surface area contributed by atoms with Crippen molar-refractivity contribution in [2.45, 2.75) is 25.8 Å². The van der Waals surface area contributed by atoms with Crippen molar-refractivity contribution in [3.8, 4) is 0 Å². The van der Waals surface area contributed by atoms with Gasteiger partial charge >= 0.3 is 5.97 Å². The summed E-state index contributed by atoms with van der Waals surface area (Å²) in [6.07, 6.45) is 0. The van der Waals surface area contributed by atoms with E-state index < -0.39 is 17.9 Å². The first-order valence-electron chi connectivity index (χ1n) is 5.70. The Hall–Kier alpha value is -1.88. The second kappa shape index (κ2) is 5.64. The van der Waals surface area contributed by atoms with E-state index in [0.717, 1.165) is 5.56 Å². The molecule has 0 bridgehead atoms. The molecule has 3 N–H and O–H groups in total. The van der Waals surface area contributed by atoms with Gasteiger partial charge in [-0.15, -0.1) is 0 Å². The summed E-state index contributed by atoms with van der Waals surface area (Å²) in [6.45, 7) is 4.15. The number of anilines is 1. The number of carboxylic acids is 1. The number of nitrogens with two attached hydrogens (primary N) is 1. The van der Waals surface area contributed by atoms with Crippen LogP contribution in [0.15, 0.2) is 24.3 Å². The maximum atomic E-state index is 11.7. The van der Waals surface area contributed by atoms with Crippen LogP contribution >= 0.6 is 0 Å². The summed E-state index contributed by atoms with van der Waals surface area (Å²) in [5.41, 5.74) is 7.07. The highest BCUT2D eigenvalue weighted by Crippen LogP contribution is 2.19. The van der Waals surface area contributed by atoms with Crippen LogP contribution in [0.3, 0.4) is 0 Å². The number of amides is 1. The average Bonchev–Trinajstić information content (AvgIpc) is 2.36. The highest BCUT2D eigenvalue weighted by atomic mass is 16.4. The van der Waals surface area contributed by atoms with Crippen LogP contribution in [0.2, 0.25) is 0 Å². The van der Waals surface area contributed by atoms with Gasteiger partial charge in [0.15, 0.2) is 6.04 Å². The second-order valence-electron chi connectivity index (χ2n) is 4.46. The predicted molar refractivity (Wildman–Crippen MR) is 69.6 cm³/mol. The van der Waals surface area contributed by atoms with Crippen molar-refractivity contribution in [1.29, 1.82) is 0 Å². The summed E-state index contributed by atoms with van der Waals surface area (Å²) < 4.78 is 0. The first-order chi connectivity index (χ1) is 8.34. The fourth-order valence-corrected chi connectivity index (χ4v) is 1.52. The third kappa shape index (κ3) is 3.07. The van der Waals surface area contributed by atoms with Crippen LogP contribution in [0.25, 0.3) is 0 Å². The first kappa shape index (κ1) is 14.2. The monoisotopic (exact) mass is 250 g/mol. The van der Waals surface area contributed by atoms with E-state index in [0.29, 0.717) is 11.6 Å². The van der Waals surface area contributed by atoms with E-state index in [4.69, 9.17) is 10.8 Å². The number of nitrogens with zero attached hydrogens (tertiary/aromatic N) is 1. The fraction of sp³-hybridized carbons (Fsp3) is 0.385. The van der Waals surface area contributed by atoms with Crippen LogP contribution in [0.5, 0.6) is 0 Å². The number of carbonyl (C=O) groups excluding carboxylic acids is 1. The number of benzene rings is 1. The van der Waals surface area contributed by atoms with Crippen molar-refractivity contribution in [2.24, 2.45) is 5.73 Å². The zero-order valence-corrected chi connectivity index (χ0v) is 10.8. The molecule has 0 saturated carbocycles. The summed E-state index contributed by atoms with van der Waals surface area (Å²) in [5, 5.41) is 8.69.